The monoisotopic (exact) mass is 392 g/mol. The highest BCUT2D eigenvalue weighted by Crippen LogP contribution is 2.34. The number of aryl methyl sites for hydroxylation is 2. The van der Waals surface area contributed by atoms with Crippen LogP contribution in [0.4, 0.5) is 0 Å². The highest BCUT2D eigenvalue weighted by Gasteiger charge is 2.32. The summed E-state index contributed by atoms with van der Waals surface area (Å²) in [6.07, 6.45) is 6.05. The maximum atomic E-state index is 13.2. The molecular formula is C24H32N4O. The van der Waals surface area contributed by atoms with Crippen LogP contribution in [0.5, 0.6) is 0 Å². The number of amides is 1. The van der Waals surface area contributed by atoms with Crippen molar-refractivity contribution in [1.82, 2.24) is 19.8 Å². The summed E-state index contributed by atoms with van der Waals surface area (Å²) in [5.74, 6) is 1.62. The number of piperidine rings is 2. The van der Waals surface area contributed by atoms with Crippen LogP contribution in [0.15, 0.2) is 30.5 Å². The first-order valence-corrected chi connectivity index (χ1v) is 10.9. The van der Waals surface area contributed by atoms with Crippen molar-refractivity contribution in [2.75, 3.05) is 33.2 Å². The van der Waals surface area contributed by atoms with Gasteiger partial charge in [-0.15, -0.1) is 0 Å². The average molecular weight is 393 g/mol. The fourth-order valence-electron chi connectivity index (χ4n) is 4.75. The summed E-state index contributed by atoms with van der Waals surface area (Å²) in [5.41, 5.74) is 4.61. The second-order valence-corrected chi connectivity index (χ2v) is 8.79. The fraction of sp³-hybridized carbons (Fsp3) is 0.542. The molecule has 0 aliphatic carbocycles. The van der Waals surface area contributed by atoms with Gasteiger partial charge in [-0.2, -0.15) is 0 Å². The van der Waals surface area contributed by atoms with Crippen molar-refractivity contribution in [2.45, 2.75) is 45.4 Å². The predicted molar refractivity (Wildman–Crippen MR) is 116 cm³/mol. The lowest BCUT2D eigenvalue weighted by atomic mass is 9.88. The van der Waals surface area contributed by atoms with Crippen LogP contribution in [0.1, 0.15) is 48.7 Å². The van der Waals surface area contributed by atoms with Crippen molar-refractivity contribution in [3.8, 4) is 11.1 Å². The SMILES string of the molecule is Cc1cccc(-c2cnc(C)nc2C2CCCN(C(=O)C3CCN(C)CC3)C2)c1. The lowest BCUT2D eigenvalue weighted by Gasteiger charge is -2.37. The van der Waals surface area contributed by atoms with Gasteiger partial charge < -0.3 is 9.80 Å². The molecule has 2 saturated heterocycles. The summed E-state index contributed by atoms with van der Waals surface area (Å²) < 4.78 is 0. The number of likely N-dealkylation sites (tertiary alicyclic amines) is 2. The molecule has 2 aliphatic heterocycles. The molecule has 1 unspecified atom stereocenters. The standard InChI is InChI=1S/C24H32N4O/c1-17-6-4-7-20(14-17)22-15-25-18(2)26-23(22)21-8-5-11-28(16-21)24(29)19-9-12-27(3)13-10-19/h4,6-7,14-15,19,21H,5,8-13,16H2,1-3H3. The van der Waals surface area contributed by atoms with Crippen molar-refractivity contribution in [1.29, 1.82) is 0 Å². The Morgan fingerprint density at radius 2 is 1.90 bits per heavy atom. The van der Waals surface area contributed by atoms with E-state index in [1.165, 1.54) is 11.1 Å². The number of hydrogen-bond acceptors (Lipinski definition) is 4. The number of carbonyl (C=O) groups excluding carboxylic acids is 1. The minimum absolute atomic E-state index is 0.188. The fourth-order valence-corrected chi connectivity index (χ4v) is 4.75. The van der Waals surface area contributed by atoms with Gasteiger partial charge >= 0.3 is 0 Å². The van der Waals surface area contributed by atoms with Crippen LogP contribution in [0, 0.1) is 19.8 Å². The number of rotatable bonds is 3. The average Bonchev–Trinajstić information content (AvgIpc) is 2.74. The van der Waals surface area contributed by atoms with Gasteiger partial charge in [-0.05, 0) is 65.2 Å². The Kier molecular flexibility index (Phi) is 5.95. The van der Waals surface area contributed by atoms with E-state index >= 15 is 0 Å². The molecule has 0 bridgehead atoms. The maximum Gasteiger partial charge on any atom is 0.225 e. The van der Waals surface area contributed by atoms with E-state index in [-0.39, 0.29) is 11.8 Å². The van der Waals surface area contributed by atoms with Crippen LogP contribution in [-0.4, -0.2) is 58.9 Å². The maximum absolute atomic E-state index is 13.2. The molecule has 0 radical (unpaired) electrons. The van der Waals surface area contributed by atoms with Crippen LogP contribution in [0.3, 0.4) is 0 Å². The third-order valence-corrected chi connectivity index (χ3v) is 6.46. The Balaban J connectivity index is 1.57. The number of nitrogens with zero attached hydrogens (tertiary/aromatic N) is 4. The summed E-state index contributed by atoms with van der Waals surface area (Å²) >= 11 is 0. The highest BCUT2D eigenvalue weighted by atomic mass is 16.2. The second-order valence-electron chi connectivity index (χ2n) is 8.79. The molecular weight excluding hydrogens is 360 g/mol. The van der Waals surface area contributed by atoms with Crippen molar-refractivity contribution in [3.63, 3.8) is 0 Å². The molecule has 1 aromatic heterocycles. The molecule has 0 N–H and O–H groups in total. The molecule has 0 spiro atoms. The van der Waals surface area contributed by atoms with Gasteiger partial charge in [0.05, 0.1) is 5.69 Å². The van der Waals surface area contributed by atoms with E-state index in [4.69, 9.17) is 4.98 Å². The molecule has 4 rings (SSSR count). The Labute approximate surface area is 174 Å². The number of benzene rings is 1. The van der Waals surface area contributed by atoms with E-state index in [0.717, 1.165) is 68.9 Å². The molecule has 154 valence electrons. The second kappa shape index (κ2) is 8.62. The lowest BCUT2D eigenvalue weighted by molar-refractivity contribution is -0.138. The van der Waals surface area contributed by atoms with Gasteiger partial charge in [-0.1, -0.05) is 29.8 Å². The first-order valence-electron chi connectivity index (χ1n) is 10.9. The molecule has 2 aliphatic rings. The molecule has 3 heterocycles. The van der Waals surface area contributed by atoms with Gasteiger partial charge in [-0.3, -0.25) is 4.79 Å². The quantitative estimate of drug-likeness (QED) is 0.797. The number of hydrogen-bond donors (Lipinski definition) is 0. The predicted octanol–water partition coefficient (Wildman–Crippen LogP) is 3.81. The van der Waals surface area contributed by atoms with Gasteiger partial charge in [0.15, 0.2) is 0 Å². The minimum atomic E-state index is 0.188. The van der Waals surface area contributed by atoms with Crippen molar-refractivity contribution in [2.24, 2.45) is 5.92 Å². The van der Waals surface area contributed by atoms with E-state index in [1.54, 1.807) is 0 Å². The third-order valence-electron chi connectivity index (χ3n) is 6.46. The highest BCUT2D eigenvalue weighted by molar-refractivity contribution is 5.79. The summed E-state index contributed by atoms with van der Waals surface area (Å²) in [6.45, 7) is 7.77. The Morgan fingerprint density at radius 3 is 2.66 bits per heavy atom. The third kappa shape index (κ3) is 4.50. The minimum Gasteiger partial charge on any atom is -0.342 e. The van der Waals surface area contributed by atoms with Crippen molar-refractivity contribution >= 4 is 5.91 Å². The summed E-state index contributed by atoms with van der Waals surface area (Å²) in [6, 6.07) is 8.53. The van der Waals surface area contributed by atoms with Crippen LogP contribution in [-0.2, 0) is 4.79 Å². The number of aromatic nitrogens is 2. The largest absolute Gasteiger partial charge is 0.342 e. The Hall–Kier alpha value is -2.27. The zero-order valence-corrected chi connectivity index (χ0v) is 17.9. The molecule has 2 aromatic rings. The van der Waals surface area contributed by atoms with E-state index in [2.05, 4.69) is 53.0 Å². The smallest absolute Gasteiger partial charge is 0.225 e. The van der Waals surface area contributed by atoms with Gasteiger partial charge in [0.25, 0.3) is 0 Å². The van der Waals surface area contributed by atoms with Crippen LogP contribution in [0.25, 0.3) is 11.1 Å². The zero-order chi connectivity index (χ0) is 20.4. The van der Waals surface area contributed by atoms with Crippen LogP contribution < -0.4 is 0 Å². The lowest BCUT2D eigenvalue weighted by Crippen LogP contribution is -2.45. The van der Waals surface area contributed by atoms with Gasteiger partial charge in [0, 0.05) is 36.7 Å². The van der Waals surface area contributed by atoms with E-state index in [9.17, 15) is 4.79 Å². The molecule has 1 amide bonds. The molecule has 5 heteroatoms. The van der Waals surface area contributed by atoms with Crippen molar-refractivity contribution < 1.29 is 4.79 Å². The molecule has 2 fully saturated rings. The summed E-state index contributed by atoms with van der Waals surface area (Å²) in [7, 11) is 2.14. The van der Waals surface area contributed by atoms with Gasteiger partial charge in [-0.25, -0.2) is 9.97 Å². The van der Waals surface area contributed by atoms with Crippen LogP contribution in [0.2, 0.25) is 0 Å². The molecule has 1 aromatic carbocycles. The zero-order valence-electron chi connectivity index (χ0n) is 17.9. The molecule has 1 atom stereocenters. The van der Waals surface area contributed by atoms with E-state index < -0.39 is 0 Å². The first-order chi connectivity index (χ1) is 14.0. The molecule has 29 heavy (non-hydrogen) atoms. The molecule has 0 saturated carbocycles. The summed E-state index contributed by atoms with van der Waals surface area (Å²) in [5, 5.41) is 0. The Bertz CT molecular complexity index is 873. The number of carbonyl (C=O) groups is 1. The van der Waals surface area contributed by atoms with Crippen LogP contribution >= 0.6 is 0 Å². The molecule has 5 nitrogen and oxygen atoms in total. The van der Waals surface area contributed by atoms with E-state index in [1.807, 2.05) is 13.1 Å². The van der Waals surface area contributed by atoms with Gasteiger partial charge in [0.2, 0.25) is 5.91 Å². The van der Waals surface area contributed by atoms with E-state index in [0.29, 0.717) is 5.91 Å². The Morgan fingerprint density at radius 1 is 1.10 bits per heavy atom. The van der Waals surface area contributed by atoms with Crippen molar-refractivity contribution in [3.05, 3.63) is 47.5 Å². The summed E-state index contributed by atoms with van der Waals surface area (Å²) in [4.78, 5) is 27.0. The normalized spacial score (nSPS) is 21.3. The van der Waals surface area contributed by atoms with Gasteiger partial charge in [0.1, 0.15) is 5.82 Å². The topological polar surface area (TPSA) is 49.3 Å². The first kappa shape index (κ1) is 20.0.